The summed E-state index contributed by atoms with van der Waals surface area (Å²) >= 11 is 8.53. The van der Waals surface area contributed by atoms with Crippen LogP contribution in [-0.4, -0.2) is 57.6 Å². The van der Waals surface area contributed by atoms with Gasteiger partial charge in [-0.1, -0.05) is 6.42 Å². The largest absolute Gasteiger partial charge is 0.481 e. The molecule has 25 heavy (non-hydrogen) atoms. The number of hydrogen-bond acceptors (Lipinski definition) is 6. The molecule has 2 atom stereocenters. The summed E-state index contributed by atoms with van der Waals surface area (Å²) in [6.45, 7) is -0.591. The average molecular weight is 395 g/mol. The van der Waals surface area contributed by atoms with Crippen LogP contribution in [0.3, 0.4) is 0 Å². The van der Waals surface area contributed by atoms with Gasteiger partial charge >= 0.3 is 11.9 Å². The number of aliphatic carboxylic acids is 2. The van der Waals surface area contributed by atoms with Crippen molar-refractivity contribution in [3.05, 3.63) is 0 Å². The van der Waals surface area contributed by atoms with Crippen molar-refractivity contribution in [2.45, 2.75) is 56.2 Å². The number of carboxylic acid groups (broad SMARTS) is 2. The van der Waals surface area contributed by atoms with E-state index < -0.39 is 30.4 Å². The molecule has 0 saturated carbocycles. The summed E-state index contributed by atoms with van der Waals surface area (Å²) in [5.41, 5.74) is 0. The van der Waals surface area contributed by atoms with E-state index in [0.29, 0.717) is 6.42 Å². The summed E-state index contributed by atoms with van der Waals surface area (Å²) in [7, 11) is 0. The third-order valence-corrected chi connectivity index (χ3v) is 4.14. The highest BCUT2D eigenvalue weighted by Crippen LogP contribution is 2.12. The molecule has 0 aromatic rings. The first-order chi connectivity index (χ1) is 11.8. The number of amides is 2. The molecule has 0 aromatic carbocycles. The molecule has 0 spiro atoms. The normalized spacial score (nSPS) is 12.9. The molecule has 2 amide bonds. The first-order valence-electron chi connectivity index (χ1n) is 8.05. The second-order valence-corrected chi connectivity index (χ2v) is 6.75. The molecule has 0 saturated heterocycles. The highest BCUT2D eigenvalue weighted by atomic mass is 32.1. The third kappa shape index (κ3) is 13.5. The predicted octanol–water partition coefficient (Wildman–Crippen LogP) is 0.715. The number of carbonyl (C=O) groups excluding carboxylic acids is 2. The number of nitrogens with one attached hydrogen (secondary N) is 2. The van der Waals surface area contributed by atoms with Gasteiger partial charge in [0.25, 0.3) is 0 Å². The standard InChI is InChI=1S/C15H26N2O6S2/c18-12(4-2-1-3-10(25)7-8-24)17-11(5-6-13(19)20)15(23)16-9-14(21)22/h10-11,24-25H,1-9H2,(H,16,23)(H,17,18)(H,19,20)(H,21,22). The first-order valence-corrected chi connectivity index (χ1v) is 9.20. The minimum atomic E-state index is -1.22. The van der Waals surface area contributed by atoms with Crippen LogP contribution in [0.25, 0.3) is 0 Å². The minimum absolute atomic E-state index is 0.104. The van der Waals surface area contributed by atoms with Crippen LogP contribution in [0.4, 0.5) is 0 Å². The highest BCUT2D eigenvalue weighted by Gasteiger charge is 2.22. The van der Waals surface area contributed by atoms with Crippen LogP contribution < -0.4 is 10.6 Å². The molecule has 4 N–H and O–H groups in total. The molecule has 8 nitrogen and oxygen atoms in total. The average Bonchev–Trinajstić information content (AvgIpc) is 2.53. The maximum atomic E-state index is 11.9. The van der Waals surface area contributed by atoms with E-state index in [1.54, 1.807) is 0 Å². The van der Waals surface area contributed by atoms with Crippen LogP contribution in [0.5, 0.6) is 0 Å². The Labute approximate surface area is 157 Å². The fourth-order valence-electron chi connectivity index (χ4n) is 2.05. The van der Waals surface area contributed by atoms with E-state index in [0.717, 1.165) is 25.0 Å². The molecule has 0 bridgehead atoms. The van der Waals surface area contributed by atoms with Crippen molar-refractivity contribution < 1.29 is 29.4 Å². The summed E-state index contributed by atoms with van der Waals surface area (Å²) in [6.07, 6.45) is 2.97. The van der Waals surface area contributed by atoms with Crippen molar-refractivity contribution in [3.63, 3.8) is 0 Å². The Morgan fingerprint density at radius 2 is 1.60 bits per heavy atom. The monoisotopic (exact) mass is 394 g/mol. The molecule has 0 rings (SSSR count). The zero-order chi connectivity index (χ0) is 19.2. The number of rotatable bonds is 14. The lowest BCUT2D eigenvalue weighted by molar-refractivity contribution is -0.140. The number of carboxylic acids is 2. The molecule has 0 aliphatic carbocycles. The van der Waals surface area contributed by atoms with Gasteiger partial charge < -0.3 is 20.8 Å². The van der Waals surface area contributed by atoms with Gasteiger partial charge in [0.05, 0.1) is 0 Å². The van der Waals surface area contributed by atoms with Crippen molar-refractivity contribution in [1.29, 1.82) is 0 Å². The van der Waals surface area contributed by atoms with Crippen LogP contribution in [-0.2, 0) is 19.2 Å². The topological polar surface area (TPSA) is 133 Å². The van der Waals surface area contributed by atoms with Crippen molar-refractivity contribution in [2.75, 3.05) is 12.3 Å². The number of hydrogen-bond donors (Lipinski definition) is 6. The molecular formula is C15H26N2O6S2. The molecule has 0 radical (unpaired) electrons. The summed E-state index contributed by atoms with van der Waals surface area (Å²) in [5.74, 6) is -2.65. The van der Waals surface area contributed by atoms with Gasteiger partial charge in [-0.05, 0) is 31.4 Å². The van der Waals surface area contributed by atoms with Crippen molar-refractivity contribution in [2.24, 2.45) is 0 Å². The summed E-state index contributed by atoms with van der Waals surface area (Å²) in [6, 6.07) is -1.07. The molecule has 0 heterocycles. The maximum absolute atomic E-state index is 11.9. The molecule has 2 unspecified atom stereocenters. The van der Waals surface area contributed by atoms with E-state index in [4.69, 9.17) is 10.2 Å². The fraction of sp³-hybridized carbons (Fsp3) is 0.733. The van der Waals surface area contributed by atoms with Crippen molar-refractivity contribution in [3.8, 4) is 0 Å². The maximum Gasteiger partial charge on any atom is 0.322 e. The van der Waals surface area contributed by atoms with Gasteiger partial charge in [0.2, 0.25) is 11.8 Å². The molecule has 0 aliphatic heterocycles. The van der Waals surface area contributed by atoms with Crippen LogP contribution in [0, 0.1) is 0 Å². The zero-order valence-electron chi connectivity index (χ0n) is 13.9. The number of thiol groups is 2. The minimum Gasteiger partial charge on any atom is -0.481 e. The molecule has 10 heteroatoms. The highest BCUT2D eigenvalue weighted by molar-refractivity contribution is 7.81. The second-order valence-electron chi connectivity index (χ2n) is 5.58. The Hall–Kier alpha value is -1.42. The van der Waals surface area contributed by atoms with Crippen LogP contribution in [0.1, 0.15) is 44.9 Å². The summed E-state index contributed by atoms with van der Waals surface area (Å²) < 4.78 is 0. The van der Waals surface area contributed by atoms with E-state index in [1.165, 1.54) is 0 Å². The summed E-state index contributed by atoms with van der Waals surface area (Å²) in [5, 5.41) is 22.1. The van der Waals surface area contributed by atoms with Gasteiger partial charge in [-0.15, -0.1) is 0 Å². The molecular weight excluding hydrogens is 368 g/mol. The molecule has 0 fully saturated rings. The van der Waals surface area contributed by atoms with Gasteiger partial charge in [-0.2, -0.15) is 25.3 Å². The van der Waals surface area contributed by atoms with Gasteiger partial charge in [-0.3, -0.25) is 19.2 Å². The lowest BCUT2D eigenvalue weighted by Gasteiger charge is -2.17. The van der Waals surface area contributed by atoms with Gasteiger partial charge in [-0.25, -0.2) is 0 Å². The van der Waals surface area contributed by atoms with Crippen LogP contribution >= 0.6 is 25.3 Å². The van der Waals surface area contributed by atoms with E-state index in [9.17, 15) is 19.2 Å². The molecule has 0 aromatic heterocycles. The fourth-order valence-corrected chi connectivity index (χ4v) is 2.87. The van der Waals surface area contributed by atoms with Crippen molar-refractivity contribution in [1.82, 2.24) is 10.6 Å². The number of unbranched alkanes of at least 4 members (excludes halogenated alkanes) is 1. The zero-order valence-corrected chi connectivity index (χ0v) is 15.7. The Morgan fingerprint density at radius 1 is 0.920 bits per heavy atom. The molecule has 144 valence electrons. The van der Waals surface area contributed by atoms with Crippen LogP contribution in [0.2, 0.25) is 0 Å². The van der Waals surface area contributed by atoms with Gasteiger partial charge in [0.1, 0.15) is 12.6 Å². The van der Waals surface area contributed by atoms with Gasteiger partial charge in [0.15, 0.2) is 0 Å². The summed E-state index contributed by atoms with van der Waals surface area (Å²) in [4.78, 5) is 45.0. The lowest BCUT2D eigenvalue weighted by Crippen LogP contribution is -2.48. The van der Waals surface area contributed by atoms with E-state index in [1.807, 2.05) is 0 Å². The Balaban J connectivity index is 4.32. The van der Waals surface area contributed by atoms with Crippen LogP contribution in [0.15, 0.2) is 0 Å². The lowest BCUT2D eigenvalue weighted by atomic mass is 10.1. The quantitative estimate of drug-likeness (QED) is 0.190. The van der Waals surface area contributed by atoms with E-state index in [-0.39, 0.29) is 30.4 Å². The smallest absolute Gasteiger partial charge is 0.322 e. The SMILES string of the molecule is O=C(O)CCC(NC(=O)CCCCC(S)CCS)C(=O)NCC(=O)O. The van der Waals surface area contributed by atoms with E-state index in [2.05, 4.69) is 35.9 Å². The van der Waals surface area contributed by atoms with Gasteiger partial charge in [0, 0.05) is 18.1 Å². The third-order valence-electron chi connectivity index (χ3n) is 3.37. The second kappa shape index (κ2) is 13.8. The molecule has 0 aliphatic rings. The number of carbonyl (C=O) groups is 4. The predicted molar refractivity (Wildman–Crippen MR) is 99.2 cm³/mol. The Morgan fingerprint density at radius 3 is 2.16 bits per heavy atom. The first kappa shape index (κ1) is 23.6. The Bertz CT molecular complexity index is 461. The van der Waals surface area contributed by atoms with E-state index >= 15 is 0 Å². The van der Waals surface area contributed by atoms with Crippen molar-refractivity contribution >= 4 is 49.0 Å². The Kier molecular flexibility index (Phi) is 13.0.